The molecular formula is C10H12Br2F2N2O3S. The molecule has 0 unspecified atom stereocenters. The second-order valence-corrected chi connectivity index (χ2v) is 7.43. The lowest BCUT2D eigenvalue weighted by Gasteiger charge is -2.22. The van der Waals surface area contributed by atoms with Crippen molar-refractivity contribution >= 4 is 47.6 Å². The summed E-state index contributed by atoms with van der Waals surface area (Å²) in [5.41, 5.74) is 5.58. The van der Waals surface area contributed by atoms with Crippen LogP contribution >= 0.6 is 31.9 Å². The van der Waals surface area contributed by atoms with E-state index in [2.05, 4.69) is 31.9 Å². The highest BCUT2D eigenvalue weighted by molar-refractivity contribution is 9.11. The van der Waals surface area contributed by atoms with Gasteiger partial charge in [0.2, 0.25) is 10.0 Å². The van der Waals surface area contributed by atoms with Gasteiger partial charge in [-0.2, -0.15) is 4.31 Å². The van der Waals surface area contributed by atoms with Crippen LogP contribution < -0.4 is 5.73 Å². The minimum atomic E-state index is -4.24. The molecular weight excluding hydrogens is 426 g/mol. The molecule has 1 aromatic carbocycles. The summed E-state index contributed by atoms with van der Waals surface area (Å²) < 4.78 is 50.9. The van der Waals surface area contributed by atoms with Gasteiger partial charge in [-0.25, -0.2) is 17.2 Å². The van der Waals surface area contributed by atoms with Crippen molar-refractivity contribution in [3.05, 3.63) is 21.1 Å². The second-order valence-electron chi connectivity index (χ2n) is 3.78. The number of hydrogen-bond donors (Lipinski definition) is 2. The highest BCUT2D eigenvalue weighted by atomic mass is 79.9. The molecule has 114 valence electrons. The molecule has 5 nitrogen and oxygen atoms in total. The molecule has 0 aliphatic heterocycles. The summed E-state index contributed by atoms with van der Waals surface area (Å²) in [7, 11) is -4.24. The van der Waals surface area contributed by atoms with Gasteiger partial charge in [0.25, 0.3) is 6.43 Å². The Balaban J connectivity index is 3.33. The van der Waals surface area contributed by atoms with E-state index in [0.717, 1.165) is 0 Å². The number of nitrogens with zero attached hydrogens (tertiary/aromatic N) is 1. The van der Waals surface area contributed by atoms with Gasteiger partial charge in [-0.05, 0) is 28.1 Å². The Hall–Kier alpha value is -0.290. The lowest BCUT2D eigenvalue weighted by atomic mass is 10.3. The van der Waals surface area contributed by atoms with E-state index < -0.39 is 36.1 Å². The summed E-state index contributed by atoms with van der Waals surface area (Å²) >= 11 is 6.20. The topological polar surface area (TPSA) is 83.6 Å². The number of aliphatic hydroxyl groups is 1. The standard InChI is InChI=1S/C10H12Br2F2N2O3S/c11-6-3-7(12)10(8(15)4-6)20(18,19)16(1-2-17)5-9(13)14/h3-4,9,17H,1-2,5,15H2. The number of hydrogen-bond acceptors (Lipinski definition) is 4. The lowest BCUT2D eigenvalue weighted by Crippen LogP contribution is -2.37. The maximum absolute atomic E-state index is 12.5. The fourth-order valence-corrected chi connectivity index (χ4v) is 4.98. The van der Waals surface area contributed by atoms with Gasteiger partial charge in [-0.3, -0.25) is 0 Å². The summed E-state index contributed by atoms with van der Waals surface area (Å²) in [5, 5.41) is 8.84. The fraction of sp³-hybridized carbons (Fsp3) is 0.400. The predicted octanol–water partition coefficient (Wildman–Crippen LogP) is 2.04. The van der Waals surface area contributed by atoms with Gasteiger partial charge in [-0.15, -0.1) is 0 Å². The molecule has 0 saturated carbocycles. The van der Waals surface area contributed by atoms with Gasteiger partial charge in [0.05, 0.1) is 18.8 Å². The minimum absolute atomic E-state index is 0.0801. The molecule has 3 N–H and O–H groups in total. The Kier molecular flexibility index (Phi) is 6.32. The van der Waals surface area contributed by atoms with Crippen LogP contribution in [0.3, 0.4) is 0 Å². The highest BCUT2D eigenvalue weighted by Crippen LogP contribution is 2.33. The molecule has 0 aromatic heterocycles. The largest absolute Gasteiger partial charge is 0.398 e. The number of aliphatic hydroxyl groups excluding tert-OH is 1. The van der Waals surface area contributed by atoms with Crippen molar-refractivity contribution in [2.75, 3.05) is 25.4 Å². The summed E-state index contributed by atoms with van der Waals surface area (Å²) in [6, 6.07) is 2.81. The molecule has 1 aromatic rings. The van der Waals surface area contributed by atoms with E-state index in [-0.39, 0.29) is 15.1 Å². The zero-order chi connectivity index (χ0) is 15.5. The van der Waals surface area contributed by atoms with Crippen molar-refractivity contribution in [3.8, 4) is 0 Å². The van der Waals surface area contributed by atoms with Crippen LogP contribution in [0.5, 0.6) is 0 Å². The van der Waals surface area contributed by atoms with E-state index in [1.807, 2.05) is 0 Å². The average Bonchev–Trinajstić information content (AvgIpc) is 2.25. The van der Waals surface area contributed by atoms with Gasteiger partial charge < -0.3 is 10.8 Å². The molecule has 0 radical (unpaired) electrons. The summed E-state index contributed by atoms with van der Waals surface area (Å²) in [5.74, 6) is 0. The van der Waals surface area contributed by atoms with Crippen LogP contribution in [0.15, 0.2) is 26.0 Å². The zero-order valence-electron chi connectivity index (χ0n) is 10.1. The summed E-state index contributed by atoms with van der Waals surface area (Å²) in [6.45, 7) is -2.01. The van der Waals surface area contributed by atoms with Gasteiger partial charge >= 0.3 is 0 Å². The fourth-order valence-electron chi connectivity index (χ4n) is 1.56. The Morgan fingerprint density at radius 1 is 1.35 bits per heavy atom. The first-order chi connectivity index (χ1) is 9.20. The van der Waals surface area contributed by atoms with Crippen molar-refractivity contribution in [1.29, 1.82) is 0 Å². The Morgan fingerprint density at radius 2 is 1.95 bits per heavy atom. The van der Waals surface area contributed by atoms with Crippen LogP contribution in [0.4, 0.5) is 14.5 Å². The monoisotopic (exact) mass is 436 g/mol. The lowest BCUT2D eigenvalue weighted by molar-refractivity contribution is 0.113. The smallest absolute Gasteiger partial charge is 0.252 e. The Bertz CT molecular complexity index is 561. The van der Waals surface area contributed by atoms with Crippen molar-refractivity contribution in [2.24, 2.45) is 0 Å². The first-order valence-electron chi connectivity index (χ1n) is 5.33. The number of benzene rings is 1. The first-order valence-corrected chi connectivity index (χ1v) is 8.36. The maximum Gasteiger partial charge on any atom is 0.252 e. The molecule has 0 atom stereocenters. The van der Waals surface area contributed by atoms with Crippen LogP contribution in [0, 0.1) is 0 Å². The molecule has 0 saturated heterocycles. The number of alkyl halides is 2. The van der Waals surface area contributed by atoms with Crippen molar-refractivity contribution in [2.45, 2.75) is 11.3 Å². The minimum Gasteiger partial charge on any atom is -0.398 e. The molecule has 0 heterocycles. The van der Waals surface area contributed by atoms with Crippen LogP contribution in [-0.2, 0) is 10.0 Å². The van der Waals surface area contributed by atoms with E-state index in [9.17, 15) is 17.2 Å². The van der Waals surface area contributed by atoms with Gasteiger partial charge in [0, 0.05) is 15.5 Å². The van der Waals surface area contributed by atoms with E-state index in [1.54, 1.807) is 0 Å². The normalized spacial score (nSPS) is 12.3. The maximum atomic E-state index is 12.5. The summed E-state index contributed by atoms with van der Waals surface area (Å²) in [4.78, 5) is -0.296. The SMILES string of the molecule is Nc1cc(Br)cc(Br)c1S(=O)(=O)N(CCO)CC(F)F. The molecule has 0 fully saturated rings. The number of nitrogens with two attached hydrogens (primary N) is 1. The predicted molar refractivity (Wildman–Crippen MR) is 78.1 cm³/mol. The third kappa shape index (κ3) is 4.10. The average molecular weight is 438 g/mol. The van der Waals surface area contributed by atoms with Gasteiger partial charge in [0.1, 0.15) is 4.90 Å². The highest BCUT2D eigenvalue weighted by Gasteiger charge is 2.30. The van der Waals surface area contributed by atoms with Crippen LogP contribution in [0.2, 0.25) is 0 Å². The van der Waals surface area contributed by atoms with E-state index in [4.69, 9.17) is 10.8 Å². The zero-order valence-corrected chi connectivity index (χ0v) is 14.1. The van der Waals surface area contributed by atoms with E-state index >= 15 is 0 Å². The third-order valence-corrected chi connectivity index (χ3v) is 5.65. The number of rotatable bonds is 6. The van der Waals surface area contributed by atoms with Crippen molar-refractivity contribution < 1.29 is 22.3 Å². The molecule has 0 spiro atoms. The van der Waals surface area contributed by atoms with Crippen LogP contribution in [0.25, 0.3) is 0 Å². The van der Waals surface area contributed by atoms with Crippen molar-refractivity contribution in [3.63, 3.8) is 0 Å². The molecule has 0 aliphatic rings. The molecule has 10 heteroatoms. The second kappa shape index (κ2) is 7.12. The molecule has 0 amide bonds. The van der Waals surface area contributed by atoms with Gasteiger partial charge in [-0.1, -0.05) is 15.9 Å². The van der Waals surface area contributed by atoms with Crippen molar-refractivity contribution in [1.82, 2.24) is 4.31 Å². The number of sulfonamides is 1. The molecule has 20 heavy (non-hydrogen) atoms. The number of nitrogen functional groups attached to an aromatic ring is 1. The summed E-state index contributed by atoms with van der Waals surface area (Å²) in [6.07, 6.45) is -2.85. The first kappa shape index (κ1) is 17.8. The Morgan fingerprint density at radius 3 is 2.40 bits per heavy atom. The van der Waals surface area contributed by atoms with Gasteiger partial charge in [0.15, 0.2) is 0 Å². The third-order valence-electron chi connectivity index (χ3n) is 2.33. The van der Waals surface area contributed by atoms with Crippen LogP contribution in [-0.4, -0.2) is 44.0 Å². The quantitative estimate of drug-likeness (QED) is 0.667. The number of halogens is 4. The Labute approximate surface area is 132 Å². The number of anilines is 1. The van der Waals surface area contributed by atoms with E-state index in [0.29, 0.717) is 8.78 Å². The van der Waals surface area contributed by atoms with E-state index in [1.165, 1.54) is 12.1 Å². The molecule has 0 bridgehead atoms. The molecule has 0 aliphatic carbocycles. The molecule has 1 rings (SSSR count). The van der Waals surface area contributed by atoms with Crippen LogP contribution in [0.1, 0.15) is 0 Å².